The van der Waals surface area contributed by atoms with E-state index in [0.29, 0.717) is 11.1 Å². The predicted molar refractivity (Wildman–Crippen MR) is 60.7 cm³/mol. The summed E-state index contributed by atoms with van der Waals surface area (Å²) in [4.78, 5) is 11.1. The molecule has 1 amide bonds. The van der Waals surface area contributed by atoms with Gasteiger partial charge in [0.15, 0.2) is 0 Å². The third kappa shape index (κ3) is 1.54. The van der Waals surface area contributed by atoms with E-state index in [2.05, 4.69) is 0 Å². The second kappa shape index (κ2) is 3.73. The van der Waals surface area contributed by atoms with Crippen molar-refractivity contribution >= 4 is 16.7 Å². The van der Waals surface area contributed by atoms with E-state index < -0.39 is 5.91 Å². The number of hydrogen-bond acceptors (Lipinski definition) is 3. The van der Waals surface area contributed by atoms with Crippen molar-refractivity contribution in [1.82, 2.24) is 0 Å². The highest BCUT2D eigenvalue weighted by molar-refractivity contribution is 6.03. The van der Waals surface area contributed by atoms with Crippen molar-refractivity contribution in [3.8, 4) is 11.5 Å². The van der Waals surface area contributed by atoms with Gasteiger partial charge >= 0.3 is 0 Å². The number of ether oxygens (including phenoxy) is 1. The van der Waals surface area contributed by atoms with E-state index in [9.17, 15) is 9.90 Å². The Balaban J connectivity index is 2.75. The monoisotopic (exact) mass is 217 g/mol. The van der Waals surface area contributed by atoms with Crippen LogP contribution in [-0.4, -0.2) is 18.1 Å². The predicted octanol–water partition coefficient (Wildman–Crippen LogP) is 1.65. The smallest absolute Gasteiger partial charge is 0.252 e. The maximum Gasteiger partial charge on any atom is 0.252 e. The average Bonchev–Trinajstić information content (AvgIpc) is 2.28. The first-order chi connectivity index (χ1) is 7.63. The number of phenols is 1. The Bertz CT molecular complexity index is 563. The Morgan fingerprint density at radius 2 is 2.00 bits per heavy atom. The fraction of sp³-hybridized carbons (Fsp3) is 0.0833. The third-order valence-corrected chi connectivity index (χ3v) is 2.47. The van der Waals surface area contributed by atoms with E-state index in [1.807, 2.05) is 0 Å². The lowest BCUT2D eigenvalue weighted by Crippen LogP contribution is -2.10. The van der Waals surface area contributed by atoms with Gasteiger partial charge in [0.1, 0.15) is 11.5 Å². The van der Waals surface area contributed by atoms with Crippen LogP contribution >= 0.6 is 0 Å². The molecule has 2 aromatic carbocycles. The number of carbonyl (C=O) groups is 1. The van der Waals surface area contributed by atoms with Gasteiger partial charge < -0.3 is 15.6 Å². The molecule has 16 heavy (non-hydrogen) atoms. The van der Waals surface area contributed by atoms with Crippen LogP contribution in [-0.2, 0) is 0 Å². The van der Waals surface area contributed by atoms with E-state index >= 15 is 0 Å². The topological polar surface area (TPSA) is 72.5 Å². The molecule has 4 heteroatoms. The first kappa shape index (κ1) is 10.3. The third-order valence-electron chi connectivity index (χ3n) is 2.47. The lowest BCUT2D eigenvalue weighted by molar-refractivity contribution is 0.0998. The second-order valence-corrected chi connectivity index (χ2v) is 3.41. The Morgan fingerprint density at radius 3 is 2.62 bits per heavy atom. The van der Waals surface area contributed by atoms with Gasteiger partial charge in [-0.3, -0.25) is 4.79 Å². The first-order valence-electron chi connectivity index (χ1n) is 4.73. The molecule has 0 fully saturated rings. The molecule has 2 rings (SSSR count). The summed E-state index contributed by atoms with van der Waals surface area (Å²) in [6, 6.07) is 8.49. The maximum absolute atomic E-state index is 11.1. The van der Waals surface area contributed by atoms with Gasteiger partial charge in [-0.2, -0.15) is 0 Å². The minimum Gasteiger partial charge on any atom is -0.506 e. The van der Waals surface area contributed by atoms with Gasteiger partial charge in [-0.05, 0) is 23.6 Å². The number of amides is 1. The number of nitrogens with two attached hydrogens (primary N) is 1. The molecule has 0 aliphatic carbocycles. The summed E-state index contributed by atoms with van der Waals surface area (Å²) >= 11 is 0. The molecule has 0 bridgehead atoms. The van der Waals surface area contributed by atoms with Crippen LogP contribution in [0.15, 0.2) is 30.3 Å². The number of benzene rings is 2. The number of hydrogen-bond donors (Lipinski definition) is 2. The van der Waals surface area contributed by atoms with Crippen molar-refractivity contribution < 1.29 is 14.6 Å². The minimum atomic E-state index is -0.651. The quantitative estimate of drug-likeness (QED) is 0.803. The van der Waals surface area contributed by atoms with Crippen molar-refractivity contribution in [3.63, 3.8) is 0 Å². The maximum atomic E-state index is 11.1. The number of carbonyl (C=O) groups excluding carboxylic acids is 1. The minimum absolute atomic E-state index is 0.107. The zero-order chi connectivity index (χ0) is 11.7. The fourth-order valence-electron chi connectivity index (χ4n) is 1.61. The van der Waals surface area contributed by atoms with Crippen LogP contribution in [0.3, 0.4) is 0 Å². The van der Waals surface area contributed by atoms with Crippen molar-refractivity contribution in [3.05, 3.63) is 35.9 Å². The Labute approximate surface area is 92.3 Å². The van der Waals surface area contributed by atoms with Gasteiger partial charge in [0.05, 0.1) is 12.7 Å². The van der Waals surface area contributed by atoms with Gasteiger partial charge in [-0.15, -0.1) is 0 Å². The standard InChI is InChI=1S/C12H11NO3/c1-16-8-4-2-7-3-5-9(12(13)15)11(14)10(7)6-8/h2-6,14H,1H3,(H2,13,15). The van der Waals surface area contributed by atoms with E-state index in [1.54, 1.807) is 24.3 Å². The summed E-state index contributed by atoms with van der Waals surface area (Å²) in [5, 5.41) is 11.3. The van der Waals surface area contributed by atoms with Crippen molar-refractivity contribution in [2.75, 3.05) is 7.11 Å². The molecule has 2 aromatic rings. The molecule has 0 heterocycles. The highest BCUT2D eigenvalue weighted by Crippen LogP contribution is 2.31. The molecule has 0 unspecified atom stereocenters. The van der Waals surface area contributed by atoms with Crippen LogP contribution in [0.4, 0.5) is 0 Å². The summed E-state index contributed by atoms with van der Waals surface area (Å²) in [5.41, 5.74) is 5.26. The Kier molecular flexibility index (Phi) is 2.40. The zero-order valence-electron chi connectivity index (χ0n) is 8.73. The molecule has 0 radical (unpaired) electrons. The number of primary amides is 1. The number of methoxy groups -OCH3 is 1. The van der Waals surface area contributed by atoms with E-state index in [-0.39, 0.29) is 11.3 Å². The molecule has 82 valence electrons. The molecular weight excluding hydrogens is 206 g/mol. The van der Waals surface area contributed by atoms with Gasteiger partial charge in [0, 0.05) is 5.39 Å². The molecule has 0 spiro atoms. The van der Waals surface area contributed by atoms with Crippen LogP contribution in [0.25, 0.3) is 10.8 Å². The summed E-state index contributed by atoms with van der Waals surface area (Å²) in [6.45, 7) is 0. The van der Waals surface area contributed by atoms with Crippen LogP contribution in [0.1, 0.15) is 10.4 Å². The average molecular weight is 217 g/mol. The summed E-state index contributed by atoms with van der Waals surface area (Å²) in [6.07, 6.45) is 0. The van der Waals surface area contributed by atoms with Crippen molar-refractivity contribution in [2.45, 2.75) is 0 Å². The molecular formula is C12H11NO3. The molecule has 4 nitrogen and oxygen atoms in total. The zero-order valence-corrected chi connectivity index (χ0v) is 8.73. The Hall–Kier alpha value is -2.23. The van der Waals surface area contributed by atoms with Gasteiger partial charge in [0.2, 0.25) is 0 Å². The van der Waals surface area contributed by atoms with Gasteiger partial charge in [-0.1, -0.05) is 12.1 Å². The van der Waals surface area contributed by atoms with Gasteiger partial charge in [0.25, 0.3) is 5.91 Å². The molecule has 0 saturated carbocycles. The summed E-state index contributed by atoms with van der Waals surface area (Å²) in [7, 11) is 1.54. The molecule has 3 N–H and O–H groups in total. The number of rotatable bonds is 2. The molecule has 0 aliphatic heterocycles. The van der Waals surface area contributed by atoms with Crippen LogP contribution in [0.2, 0.25) is 0 Å². The lowest BCUT2D eigenvalue weighted by Gasteiger charge is -2.06. The SMILES string of the molecule is COc1ccc2ccc(C(N)=O)c(O)c2c1. The van der Waals surface area contributed by atoms with Crippen molar-refractivity contribution in [1.29, 1.82) is 0 Å². The highest BCUT2D eigenvalue weighted by Gasteiger charge is 2.11. The molecule has 0 saturated heterocycles. The van der Waals surface area contributed by atoms with Crippen molar-refractivity contribution in [2.24, 2.45) is 5.73 Å². The van der Waals surface area contributed by atoms with Crippen LogP contribution in [0.5, 0.6) is 11.5 Å². The molecule has 0 aromatic heterocycles. The van der Waals surface area contributed by atoms with E-state index in [1.165, 1.54) is 13.2 Å². The number of fused-ring (bicyclic) bond motifs is 1. The summed E-state index contributed by atoms with van der Waals surface area (Å²) < 4.78 is 5.05. The first-order valence-corrected chi connectivity index (χ1v) is 4.73. The lowest BCUT2D eigenvalue weighted by atomic mass is 10.0. The molecule has 0 atom stereocenters. The summed E-state index contributed by atoms with van der Waals surface area (Å²) in [5.74, 6) is -0.143. The van der Waals surface area contributed by atoms with E-state index in [4.69, 9.17) is 10.5 Å². The molecule has 0 aliphatic rings. The normalized spacial score (nSPS) is 10.3. The highest BCUT2D eigenvalue weighted by atomic mass is 16.5. The van der Waals surface area contributed by atoms with Crippen LogP contribution in [0, 0.1) is 0 Å². The van der Waals surface area contributed by atoms with E-state index in [0.717, 1.165) is 5.39 Å². The second-order valence-electron chi connectivity index (χ2n) is 3.41. The fourth-order valence-corrected chi connectivity index (χ4v) is 1.61. The largest absolute Gasteiger partial charge is 0.506 e. The van der Waals surface area contributed by atoms with Crippen LogP contribution < -0.4 is 10.5 Å². The number of aromatic hydroxyl groups is 1. The Morgan fingerprint density at radius 1 is 1.31 bits per heavy atom. The van der Waals surface area contributed by atoms with Gasteiger partial charge in [-0.25, -0.2) is 0 Å².